The van der Waals surface area contributed by atoms with Crippen molar-refractivity contribution in [1.29, 1.82) is 0 Å². The minimum Gasteiger partial charge on any atom is -0.507 e. The number of benzene rings is 1. The molecule has 0 spiro atoms. The topological polar surface area (TPSA) is 83.9 Å². The molecular weight excluding hydrogens is 370 g/mol. The summed E-state index contributed by atoms with van der Waals surface area (Å²) in [5.74, 6) is -0.914. The highest BCUT2D eigenvalue weighted by Crippen LogP contribution is 2.40. The predicted octanol–water partition coefficient (Wildman–Crippen LogP) is 4.15. The lowest BCUT2D eigenvalue weighted by molar-refractivity contribution is -0.140. The van der Waals surface area contributed by atoms with Gasteiger partial charge in [-0.05, 0) is 48.5 Å². The number of likely N-dealkylation sites (tertiary alicyclic amines) is 1. The molecule has 1 amide bonds. The normalized spacial score (nSPS) is 19.0. The summed E-state index contributed by atoms with van der Waals surface area (Å²) >= 11 is 5.89. The van der Waals surface area contributed by atoms with Gasteiger partial charge in [0.05, 0.1) is 24.6 Å². The van der Waals surface area contributed by atoms with Gasteiger partial charge < -0.3 is 18.8 Å². The van der Waals surface area contributed by atoms with E-state index < -0.39 is 17.7 Å². The summed E-state index contributed by atoms with van der Waals surface area (Å²) in [5, 5.41) is 11.3. The zero-order valence-corrected chi connectivity index (χ0v) is 14.7. The van der Waals surface area contributed by atoms with Crippen molar-refractivity contribution in [3.8, 4) is 0 Å². The SMILES string of the molecule is O=C1C(=O)N(Cc2ccco2)C(c2ccco2)/C1=C(\O)c1ccc(Cl)cc1. The summed E-state index contributed by atoms with van der Waals surface area (Å²) < 4.78 is 10.8. The Bertz CT molecular complexity index is 1000. The monoisotopic (exact) mass is 383 g/mol. The second kappa shape index (κ2) is 6.81. The van der Waals surface area contributed by atoms with Crippen molar-refractivity contribution < 1.29 is 23.5 Å². The molecule has 4 rings (SSSR count). The number of rotatable bonds is 4. The number of nitrogens with zero attached hydrogens (tertiary/aromatic N) is 1. The maximum atomic E-state index is 12.7. The Labute approximate surface area is 159 Å². The molecule has 1 aliphatic rings. The smallest absolute Gasteiger partial charge is 0.296 e. The van der Waals surface area contributed by atoms with E-state index in [0.29, 0.717) is 22.1 Å². The molecule has 1 N–H and O–H groups in total. The van der Waals surface area contributed by atoms with Gasteiger partial charge in [-0.2, -0.15) is 0 Å². The van der Waals surface area contributed by atoms with Crippen LogP contribution in [0, 0.1) is 0 Å². The largest absolute Gasteiger partial charge is 0.507 e. The second-order valence-corrected chi connectivity index (χ2v) is 6.47. The van der Waals surface area contributed by atoms with E-state index in [1.807, 2.05) is 0 Å². The summed E-state index contributed by atoms with van der Waals surface area (Å²) in [6.45, 7) is 0.0698. The highest BCUT2D eigenvalue weighted by atomic mass is 35.5. The van der Waals surface area contributed by atoms with Crippen LogP contribution in [0.2, 0.25) is 5.02 Å². The van der Waals surface area contributed by atoms with E-state index in [0.717, 1.165) is 0 Å². The number of carbonyl (C=O) groups excluding carboxylic acids is 2. The van der Waals surface area contributed by atoms with Gasteiger partial charge in [0.25, 0.3) is 11.7 Å². The molecule has 3 aromatic rings. The van der Waals surface area contributed by atoms with Crippen LogP contribution in [-0.4, -0.2) is 21.7 Å². The van der Waals surface area contributed by atoms with Gasteiger partial charge in [-0.25, -0.2) is 0 Å². The van der Waals surface area contributed by atoms with Crippen LogP contribution in [0.3, 0.4) is 0 Å². The molecule has 1 unspecified atom stereocenters. The number of hydrogen-bond acceptors (Lipinski definition) is 5. The van der Waals surface area contributed by atoms with Crippen LogP contribution in [-0.2, 0) is 16.1 Å². The van der Waals surface area contributed by atoms with Gasteiger partial charge in [0.1, 0.15) is 23.3 Å². The van der Waals surface area contributed by atoms with Crippen LogP contribution in [0.1, 0.15) is 23.1 Å². The molecule has 0 radical (unpaired) electrons. The molecule has 0 saturated carbocycles. The van der Waals surface area contributed by atoms with Gasteiger partial charge in [-0.3, -0.25) is 9.59 Å². The lowest BCUT2D eigenvalue weighted by Crippen LogP contribution is -2.28. The Balaban J connectivity index is 1.83. The second-order valence-electron chi connectivity index (χ2n) is 6.03. The van der Waals surface area contributed by atoms with Gasteiger partial charge in [0.2, 0.25) is 0 Å². The first kappa shape index (κ1) is 17.2. The molecule has 1 fully saturated rings. The lowest BCUT2D eigenvalue weighted by Gasteiger charge is -2.22. The fourth-order valence-electron chi connectivity index (χ4n) is 3.12. The summed E-state index contributed by atoms with van der Waals surface area (Å²) in [5.41, 5.74) is 0.343. The van der Waals surface area contributed by atoms with Crippen LogP contribution in [0.15, 0.2) is 75.5 Å². The fourth-order valence-corrected chi connectivity index (χ4v) is 3.25. The van der Waals surface area contributed by atoms with E-state index >= 15 is 0 Å². The van der Waals surface area contributed by atoms with Crippen LogP contribution >= 0.6 is 11.6 Å². The molecule has 6 nitrogen and oxygen atoms in total. The van der Waals surface area contributed by atoms with E-state index in [1.165, 1.54) is 17.4 Å². The van der Waals surface area contributed by atoms with Crippen LogP contribution in [0.25, 0.3) is 5.76 Å². The fraction of sp³-hybridized carbons (Fsp3) is 0.100. The van der Waals surface area contributed by atoms with Crippen LogP contribution < -0.4 is 0 Å². The van der Waals surface area contributed by atoms with Crippen molar-refractivity contribution in [2.75, 3.05) is 0 Å². The van der Waals surface area contributed by atoms with Gasteiger partial charge in [-0.15, -0.1) is 0 Å². The number of aliphatic hydroxyl groups excluding tert-OH is 1. The summed E-state index contributed by atoms with van der Waals surface area (Å²) in [6.07, 6.45) is 2.94. The van der Waals surface area contributed by atoms with Crippen molar-refractivity contribution >= 4 is 29.1 Å². The Hall–Kier alpha value is -3.25. The maximum absolute atomic E-state index is 12.7. The van der Waals surface area contributed by atoms with E-state index in [2.05, 4.69) is 0 Å². The van der Waals surface area contributed by atoms with E-state index in [4.69, 9.17) is 20.4 Å². The zero-order valence-electron chi connectivity index (χ0n) is 14.0. The molecule has 0 bridgehead atoms. The molecule has 3 heterocycles. The Morgan fingerprint density at radius 3 is 2.37 bits per heavy atom. The Morgan fingerprint density at radius 2 is 1.74 bits per heavy atom. The molecule has 1 atom stereocenters. The van der Waals surface area contributed by atoms with Crippen molar-refractivity contribution in [3.05, 3.63) is 88.7 Å². The third-order valence-electron chi connectivity index (χ3n) is 4.38. The first-order valence-corrected chi connectivity index (χ1v) is 8.54. The van der Waals surface area contributed by atoms with Crippen LogP contribution in [0.4, 0.5) is 0 Å². The molecule has 7 heteroatoms. The average molecular weight is 384 g/mol. The van der Waals surface area contributed by atoms with Gasteiger partial charge in [0, 0.05) is 10.6 Å². The minimum absolute atomic E-state index is 0.0381. The first-order chi connectivity index (χ1) is 13.1. The Kier molecular flexibility index (Phi) is 4.33. The van der Waals surface area contributed by atoms with E-state index in [9.17, 15) is 14.7 Å². The summed E-state index contributed by atoms with van der Waals surface area (Å²) in [4.78, 5) is 26.7. The third kappa shape index (κ3) is 3.04. The molecule has 2 aromatic heterocycles. The van der Waals surface area contributed by atoms with Crippen molar-refractivity contribution in [3.63, 3.8) is 0 Å². The summed E-state index contributed by atoms with van der Waals surface area (Å²) in [7, 11) is 0. The number of halogens is 1. The van der Waals surface area contributed by atoms with Gasteiger partial charge in [0.15, 0.2) is 0 Å². The van der Waals surface area contributed by atoms with E-state index in [-0.39, 0.29) is 17.9 Å². The van der Waals surface area contributed by atoms with Gasteiger partial charge in [-0.1, -0.05) is 11.6 Å². The number of hydrogen-bond donors (Lipinski definition) is 1. The molecule has 1 aliphatic heterocycles. The highest BCUT2D eigenvalue weighted by Gasteiger charge is 2.47. The molecule has 0 aliphatic carbocycles. The number of ketones is 1. The average Bonchev–Trinajstić information content (AvgIpc) is 3.40. The number of Topliss-reactive ketones (excluding diaryl/α,β-unsaturated/α-hetero) is 1. The lowest BCUT2D eigenvalue weighted by atomic mass is 9.99. The standard InChI is InChI=1S/C20H14ClNO5/c21-13-7-5-12(6-8-13)18(23)16-17(15-4-2-10-27-15)22(20(25)19(16)24)11-14-3-1-9-26-14/h1-10,17,23H,11H2/b18-16+. The number of carbonyl (C=O) groups is 2. The molecule has 1 aromatic carbocycles. The molecular formula is C20H14ClNO5. The van der Waals surface area contributed by atoms with Crippen LogP contribution in [0.5, 0.6) is 0 Å². The molecule has 27 heavy (non-hydrogen) atoms. The van der Waals surface area contributed by atoms with Crippen molar-refractivity contribution in [2.24, 2.45) is 0 Å². The quantitative estimate of drug-likeness (QED) is 0.415. The van der Waals surface area contributed by atoms with Crippen molar-refractivity contribution in [2.45, 2.75) is 12.6 Å². The molecule has 136 valence electrons. The van der Waals surface area contributed by atoms with Gasteiger partial charge >= 0.3 is 0 Å². The number of furan rings is 2. The molecule has 1 saturated heterocycles. The summed E-state index contributed by atoms with van der Waals surface area (Å²) in [6, 6.07) is 12.2. The minimum atomic E-state index is -0.860. The first-order valence-electron chi connectivity index (χ1n) is 8.16. The van der Waals surface area contributed by atoms with Crippen molar-refractivity contribution in [1.82, 2.24) is 4.90 Å². The predicted molar refractivity (Wildman–Crippen MR) is 96.7 cm³/mol. The van der Waals surface area contributed by atoms with E-state index in [1.54, 1.807) is 48.5 Å². The third-order valence-corrected chi connectivity index (χ3v) is 4.63. The Morgan fingerprint density at radius 1 is 1.04 bits per heavy atom. The number of amides is 1. The zero-order chi connectivity index (χ0) is 19.0. The number of aliphatic hydroxyl groups is 1. The highest BCUT2D eigenvalue weighted by molar-refractivity contribution is 6.46. The maximum Gasteiger partial charge on any atom is 0.296 e.